The van der Waals surface area contributed by atoms with Crippen LogP contribution in [0.4, 0.5) is 17.1 Å². The highest BCUT2D eigenvalue weighted by Gasteiger charge is 2.08. The maximum absolute atomic E-state index is 12.0. The van der Waals surface area contributed by atoms with Crippen LogP contribution in [0.15, 0.2) is 42.5 Å². The topological polar surface area (TPSA) is 70.2 Å². The Morgan fingerprint density at radius 1 is 0.960 bits per heavy atom. The second-order valence-electron chi connectivity index (χ2n) is 5.40. The molecule has 25 heavy (non-hydrogen) atoms. The van der Waals surface area contributed by atoms with E-state index >= 15 is 0 Å². The van der Waals surface area contributed by atoms with Gasteiger partial charge in [0.15, 0.2) is 0 Å². The molecule has 0 aliphatic carbocycles. The zero-order valence-corrected chi connectivity index (χ0v) is 15.2. The number of nitrogens with one attached hydrogen (secondary N) is 3. The SMILES string of the molecule is CCCC(=O)Nc1ccc(Cl)c(NCC(=O)Nc2cccc(Cl)c2)c1. The van der Waals surface area contributed by atoms with Crippen LogP contribution >= 0.6 is 23.2 Å². The summed E-state index contributed by atoms with van der Waals surface area (Å²) in [5.41, 5.74) is 1.81. The van der Waals surface area contributed by atoms with Crippen molar-refractivity contribution in [2.24, 2.45) is 0 Å². The molecule has 0 saturated heterocycles. The van der Waals surface area contributed by atoms with Gasteiger partial charge in [0, 0.05) is 22.8 Å². The van der Waals surface area contributed by atoms with Crippen molar-refractivity contribution >= 4 is 52.1 Å². The van der Waals surface area contributed by atoms with Gasteiger partial charge in [-0.05, 0) is 42.8 Å². The van der Waals surface area contributed by atoms with Crippen LogP contribution in [-0.2, 0) is 9.59 Å². The maximum Gasteiger partial charge on any atom is 0.243 e. The van der Waals surface area contributed by atoms with E-state index in [2.05, 4.69) is 16.0 Å². The zero-order chi connectivity index (χ0) is 18.2. The Hall–Kier alpha value is -2.24. The van der Waals surface area contributed by atoms with Gasteiger partial charge < -0.3 is 16.0 Å². The monoisotopic (exact) mass is 379 g/mol. The zero-order valence-electron chi connectivity index (χ0n) is 13.7. The molecule has 0 fully saturated rings. The number of amides is 2. The molecule has 3 N–H and O–H groups in total. The van der Waals surface area contributed by atoms with E-state index in [4.69, 9.17) is 23.2 Å². The lowest BCUT2D eigenvalue weighted by atomic mass is 10.2. The van der Waals surface area contributed by atoms with Gasteiger partial charge >= 0.3 is 0 Å². The number of halogens is 2. The Morgan fingerprint density at radius 2 is 1.68 bits per heavy atom. The quantitative estimate of drug-likeness (QED) is 0.647. The lowest BCUT2D eigenvalue weighted by Gasteiger charge is -2.12. The van der Waals surface area contributed by atoms with Gasteiger partial charge in [-0.15, -0.1) is 0 Å². The number of rotatable bonds is 7. The van der Waals surface area contributed by atoms with Crippen molar-refractivity contribution in [1.82, 2.24) is 0 Å². The van der Waals surface area contributed by atoms with Gasteiger partial charge in [-0.2, -0.15) is 0 Å². The number of hydrogen-bond acceptors (Lipinski definition) is 3. The van der Waals surface area contributed by atoms with E-state index in [1.807, 2.05) is 6.92 Å². The van der Waals surface area contributed by atoms with Crippen molar-refractivity contribution in [2.45, 2.75) is 19.8 Å². The van der Waals surface area contributed by atoms with Gasteiger partial charge in [0.1, 0.15) is 0 Å². The minimum absolute atomic E-state index is 0.0264. The fraction of sp³-hybridized carbons (Fsp3) is 0.222. The van der Waals surface area contributed by atoms with E-state index in [1.165, 1.54) is 0 Å². The number of carbonyl (C=O) groups is 2. The maximum atomic E-state index is 12.0. The molecule has 2 rings (SSSR count). The summed E-state index contributed by atoms with van der Waals surface area (Å²) in [6.45, 7) is 1.96. The number of anilines is 3. The molecule has 5 nitrogen and oxygen atoms in total. The smallest absolute Gasteiger partial charge is 0.243 e. The van der Waals surface area contributed by atoms with Crippen molar-refractivity contribution < 1.29 is 9.59 Å². The first-order chi connectivity index (χ1) is 12.0. The van der Waals surface area contributed by atoms with Crippen molar-refractivity contribution in [3.8, 4) is 0 Å². The molecule has 2 amide bonds. The van der Waals surface area contributed by atoms with E-state index in [0.29, 0.717) is 33.5 Å². The Morgan fingerprint density at radius 3 is 2.40 bits per heavy atom. The lowest BCUT2D eigenvalue weighted by Crippen LogP contribution is -2.22. The summed E-state index contributed by atoms with van der Waals surface area (Å²) in [5, 5.41) is 9.50. The molecule has 132 valence electrons. The molecule has 0 bridgehead atoms. The highest BCUT2D eigenvalue weighted by molar-refractivity contribution is 6.33. The van der Waals surface area contributed by atoms with Gasteiger partial charge in [-0.1, -0.05) is 36.2 Å². The van der Waals surface area contributed by atoms with Crippen molar-refractivity contribution in [2.75, 3.05) is 22.5 Å². The predicted octanol–water partition coefficient (Wildman–Crippen LogP) is 4.78. The van der Waals surface area contributed by atoms with Crippen LogP contribution in [0.5, 0.6) is 0 Å². The van der Waals surface area contributed by atoms with Crippen LogP contribution in [0.2, 0.25) is 10.0 Å². The van der Waals surface area contributed by atoms with E-state index in [-0.39, 0.29) is 18.4 Å². The molecule has 0 atom stereocenters. The number of carbonyl (C=O) groups excluding carboxylic acids is 2. The van der Waals surface area contributed by atoms with Gasteiger partial charge in [0.2, 0.25) is 11.8 Å². The van der Waals surface area contributed by atoms with E-state index < -0.39 is 0 Å². The average Bonchev–Trinajstić information content (AvgIpc) is 2.55. The predicted molar refractivity (Wildman–Crippen MR) is 104 cm³/mol. The fourth-order valence-corrected chi connectivity index (χ4v) is 2.51. The van der Waals surface area contributed by atoms with Crippen molar-refractivity contribution in [3.05, 3.63) is 52.5 Å². The Kier molecular flexibility index (Phi) is 7.10. The molecule has 0 spiro atoms. The first-order valence-electron chi connectivity index (χ1n) is 7.86. The minimum Gasteiger partial charge on any atom is -0.375 e. The lowest BCUT2D eigenvalue weighted by molar-refractivity contribution is -0.116. The summed E-state index contributed by atoms with van der Waals surface area (Å²) in [7, 11) is 0. The molecular weight excluding hydrogens is 361 g/mol. The average molecular weight is 380 g/mol. The number of hydrogen-bond donors (Lipinski definition) is 3. The van der Waals surface area contributed by atoms with Crippen LogP contribution in [-0.4, -0.2) is 18.4 Å². The van der Waals surface area contributed by atoms with Crippen molar-refractivity contribution in [1.29, 1.82) is 0 Å². The summed E-state index contributed by atoms with van der Waals surface area (Å²) in [6.07, 6.45) is 1.22. The molecule has 2 aromatic rings. The highest BCUT2D eigenvalue weighted by Crippen LogP contribution is 2.25. The third kappa shape index (κ3) is 6.29. The van der Waals surface area contributed by atoms with E-state index in [0.717, 1.165) is 6.42 Å². The third-order valence-electron chi connectivity index (χ3n) is 3.27. The normalized spacial score (nSPS) is 10.2. The largest absolute Gasteiger partial charge is 0.375 e. The van der Waals surface area contributed by atoms with Crippen molar-refractivity contribution in [3.63, 3.8) is 0 Å². The first-order valence-corrected chi connectivity index (χ1v) is 8.62. The first kappa shape index (κ1) is 19.1. The van der Waals surface area contributed by atoms with E-state index in [1.54, 1.807) is 42.5 Å². The molecule has 0 aliphatic rings. The van der Waals surface area contributed by atoms with Crippen LogP contribution in [0.3, 0.4) is 0 Å². The third-order valence-corrected chi connectivity index (χ3v) is 3.84. The summed E-state index contributed by atoms with van der Waals surface area (Å²) in [4.78, 5) is 23.7. The second-order valence-corrected chi connectivity index (χ2v) is 6.25. The van der Waals surface area contributed by atoms with Crippen LogP contribution in [0, 0.1) is 0 Å². The van der Waals surface area contributed by atoms with Crippen LogP contribution in [0.1, 0.15) is 19.8 Å². The minimum atomic E-state index is -0.237. The van der Waals surface area contributed by atoms with E-state index in [9.17, 15) is 9.59 Å². The van der Waals surface area contributed by atoms with Crippen LogP contribution in [0.25, 0.3) is 0 Å². The molecule has 0 saturated carbocycles. The Balaban J connectivity index is 1.95. The highest BCUT2D eigenvalue weighted by atomic mass is 35.5. The Labute approximate surface area is 156 Å². The molecular formula is C18H19Cl2N3O2. The van der Waals surface area contributed by atoms with Crippen LogP contribution < -0.4 is 16.0 Å². The molecule has 0 unspecified atom stereocenters. The van der Waals surface area contributed by atoms with Gasteiger partial charge in [-0.25, -0.2) is 0 Å². The summed E-state index contributed by atoms with van der Waals surface area (Å²) < 4.78 is 0. The molecule has 0 heterocycles. The number of benzene rings is 2. The Bertz CT molecular complexity index is 766. The summed E-state index contributed by atoms with van der Waals surface area (Å²) in [5.74, 6) is -0.298. The van der Waals surface area contributed by atoms with Gasteiger partial charge in [0.25, 0.3) is 0 Å². The molecule has 0 radical (unpaired) electrons. The standard InChI is InChI=1S/C18H19Cl2N3O2/c1-2-4-17(24)22-14-7-8-15(20)16(10-14)21-11-18(25)23-13-6-3-5-12(19)9-13/h3,5-10,21H,2,4,11H2,1H3,(H,22,24)(H,23,25). The molecule has 0 aliphatic heterocycles. The second kappa shape index (κ2) is 9.30. The molecule has 2 aromatic carbocycles. The van der Waals surface area contributed by atoms with Gasteiger partial charge in [-0.3, -0.25) is 9.59 Å². The molecule has 7 heteroatoms. The van der Waals surface area contributed by atoms with Gasteiger partial charge in [0.05, 0.1) is 17.3 Å². The fourth-order valence-electron chi connectivity index (χ4n) is 2.14. The summed E-state index contributed by atoms with van der Waals surface area (Å²) >= 11 is 12.0. The summed E-state index contributed by atoms with van der Waals surface area (Å²) in [6, 6.07) is 12.0. The molecule has 0 aromatic heterocycles.